The number of hydrogen-bond acceptors (Lipinski definition) is 4. The zero-order chi connectivity index (χ0) is 19.4. The number of nitrogens with zero attached hydrogens (tertiary/aromatic N) is 1. The van der Waals surface area contributed by atoms with Gasteiger partial charge in [0.15, 0.2) is 0 Å². The fraction of sp³-hybridized carbons (Fsp3) is 0.105. The average molecular weight is 385 g/mol. The zero-order valence-corrected chi connectivity index (χ0v) is 15.7. The Balaban J connectivity index is 1.81. The number of benzene rings is 2. The molecule has 0 fully saturated rings. The van der Waals surface area contributed by atoms with Gasteiger partial charge in [0.2, 0.25) is 10.0 Å². The monoisotopic (exact) mass is 385 g/mol. The molecule has 0 saturated carbocycles. The van der Waals surface area contributed by atoms with Crippen molar-refractivity contribution in [3.05, 3.63) is 72.6 Å². The molecule has 1 aromatic heterocycles. The molecule has 0 spiro atoms. The second-order valence-corrected chi connectivity index (χ2v) is 7.63. The van der Waals surface area contributed by atoms with E-state index in [9.17, 15) is 13.2 Å². The van der Waals surface area contributed by atoms with Gasteiger partial charge in [0.05, 0.1) is 19.1 Å². The Hall–Kier alpha value is -3.26. The molecule has 27 heavy (non-hydrogen) atoms. The maximum absolute atomic E-state index is 12.6. The third-order valence-corrected chi connectivity index (χ3v) is 4.36. The Kier molecular flexibility index (Phi) is 5.18. The van der Waals surface area contributed by atoms with Gasteiger partial charge in [-0.2, -0.15) is 0 Å². The van der Waals surface area contributed by atoms with Gasteiger partial charge in [0.25, 0.3) is 5.91 Å². The summed E-state index contributed by atoms with van der Waals surface area (Å²) in [6, 6.07) is 15.7. The van der Waals surface area contributed by atoms with Gasteiger partial charge in [-0.1, -0.05) is 6.07 Å². The first-order chi connectivity index (χ1) is 12.9. The number of methoxy groups -OCH3 is 1. The molecule has 1 amide bonds. The lowest BCUT2D eigenvalue weighted by atomic mass is 10.1. The van der Waals surface area contributed by atoms with E-state index in [0.717, 1.165) is 11.9 Å². The third-order valence-electron chi connectivity index (χ3n) is 3.77. The number of amides is 1. The first-order valence-corrected chi connectivity index (χ1v) is 9.95. The van der Waals surface area contributed by atoms with Crippen molar-refractivity contribution in [2.75, 3.05) is 23.4 Å². The number of sulfonamides is 1. The Morgan fingerprint density at radius 2 is 1.78 bits per heavy atom. The average Bonchev–Trinajstić information content (AvgIpc) is 3.16. The molecule has 3 rings (SSSR count). The molecule has 3 aromatic rings. The summed E-state index contributed by atoms with van der Waals surface area (Å²) in [5, 5.41) is 2.79. The van der Waals surface area contributed by atoms with Gasteiger partial charge >= 0.3 is 0 Å². The highest BCUT2D eigenvalue weighted by Gasteiger charge is 2.12. The van der Waals surface area contributed by atoms with Crippen LogP contribution in [0.5, 0.6) is 5.75 Å². The molecule has 0 aliphatic rings. The van der Waals surface area contributed by atoms with Crippen molar-refractivity contribution in [2.24, 2.45) is 0 Å². The Labute approximate surface area is 157 Å². The van der Waals surface area contributed by atoms with Crippen LogP contribution in [0.25, 0.3) is 5.69 Å². The third kappa shape index (κ3) is 4.68. The predicted octanol–water partition coefficient (Wildman–Crippen LogP) is 3.11. The van der Waals surface area contributed by atoms with Crippen molar-refractivity contribution in [1.82, 2.24) is 4.57 Å². The molecule has 140 valence electrons. The summed E-state index contributed by atoms with van der Waals surface area (Å²) in [7, 11) is -2.01. The fourth-order valence-electron chi connectivity index (χ4n) is 2.57. The fourth-order valence-corrected chi connectivity index (χ4v) is 3.14. The lowest BCUT2D eigenvalue weighted by Crippen LogP contribution is -2.13. The first kappa shape index (κ1) is 18.5. The van der Waals surface area contributed by atoms with E-state index < -0.39 is 10.0 Å². The highest BCUT2D eigenvalue weighted by atomic mass is 32.2. The molecular weight excluding hydrogens is 366 g/mol. The number of nitrogens with one attached hydrogen (secondary N) is 2. The maximum Gasteiger partial charge on any atom is 0.255 e. The summed E-state index contributed by atoms with van der Waals surface area (Å²) in [6.45, 7) is 0. The molecule has 0 aliphatic heterocycles. The molecule has 0 atom stereocenters. The molecule has 0 radical (unpaired) electrons. The van der Waals surface area contributed by atoms with Gasteiger partial charge in [-0.3, -0.25) is 9.52 Å². The van der Waals surface area contributed by atoms with E-state index in [4.69, 9.17) is 4.74 Å². The van der Waals surface area contributed by atoms with Gasteiger partial charge in [0, 0.05) is 35.4 Å². The number of carbonyl (C=O) groups is 1. The second kappa shape index (κ2) is 7.55. The molecule has 1 heterocycles. The van der Waals surface area contributed by atoms with Crippen LogP contribution in [-0.4, -0.2) is 32.3 Å². The summed E-state index contributed by atoms with van der Waals surface area (Å²) < 4.78 is 32.3. The number of anilines is 2. The van der Waals surface area contributed by atoms with Crippen molar-refractivity contribution >= 4 is 27.3 Å². The van der Waals surface area contributed by atoms with Gasteiger partial charge in [-0.15, -0.1) is 0 Å². The number of aromatic nitrogens is 1. The Morgan fingerprint density at radius 1 is 1.04 bits per heavy atom. The van der Waals surface area contributed by atoms with Crippen LogP contribution in [0.15, 0.2) is 67.0 Å². The SMILES string of the molecule is COc1cc(NC(=O)c2cccc(-n3cccc3)c2)ccc1NS(C)(=O)=O. The summed E-state index contributed by atoms with van der Waals surface area (Å²) in [5.41, 5.74) is 2.16. The van der Waals surface area contributed by atoms with Crippen LogP contribution in [0.1, 0.15) is 10.4 Å². The van der Waals surface area contributed by atoms with E-state index >= 15 is 0 Å². The topological polar surface area (TPSA) is 89.4 Å². The van der Waals surface area contributed by atoms with Crippen molar-refractivity contribution in [2.45, 2.75) is 0 Å². The van der Waals surface area contributed by atoms with Crippen LogP contribution in [0.3, 0.4) is 0 Å². The summed E-state index contributed by atoms with van der Waals surface area (Å²) in [5.74, 6) is 0.0224. The van der Waals surface area contributed by atoms with Crippen molar-refractivity contribution < 1.29 is 17.9 Å². The molecular formula is C19H19N3O4S. The molecule has 0 aliphatic carbocycles. The zero-order valence-electron chi connectivity index (χ0n) is 14.8. The summed E-state index contributed by atoms with van der Waals surface area (Å²) in [6.07, 6.45) is 4.85. The molecule has 0 saturated heterocycles. The number of hydrogen-bond donors (Lipinski definition) is 2. The van der Waals surface area contributed by atoms with E-state index in [1.54, 1.807) is 24.3 Å². The van der Waals surface area contributed by atoms with Crippen molar-refractivity contribution in [3.63, 3.8) is 0 Å². The normalized spacial score (nSPS) is 11.0. The van der Waals surface area contributed by atoms with E-state index in [1.165, 1.54) is 13.2 Å². The van der Waals surface area contributed by atoms with E-state index in [0.29, 0.717) is 22.7 Å². The second-order valence-electron chi connectivity index (χ2n) is 5.88. The van der Waals surface area contributed by atoms with E-state index in [1.807, 2.05) is 41.2 Å². The first-order valence-electron chi connectivity index (χ1n) is 8.06. The lowest BCUT2D eigenvalue weighted by molar-refractivity contribution is 0.102. The van der Waals surface area contributed by atoms with Crippen LogP contribution in [0, 0.1) is 0 Å². The Morgan fingerprint density at radius 3 is 2.44 bits per heavy atom. The highest BCUT2D eigenvalue weighted by molar-refractivity contribution is 7.92. The molecule has 8 heteroatoms. The lowest BCUT2D eigenvalue weighted by Gasteiger charge is -2.12. The minimum absolute atomic E-state index is 0.283. The van der Waals surface area contributed by atoms with Gasteiger partial charge in [-0.25, -0.2) is 8.42 Å². The van der Waals surface area contributed by atoms with Crippen LogP contribution < -0.4 is 14.8 Å². The van der Waals surface area contributed by atoms with Crippen molar-refractivity contribution in [1.29, 1.82) is 0 Å². The standard InChI is InChI=1S/C19H19N3O4S/c1-26-18-13-15(8-9-17(18)21-27(2,24)25)20-19(23)14-6-5-7-16(12-14)22-10-3-4-11-22/h3-13,21H,1-2H3,(H,20,23). The minimum Gasteiger partial charge on any atom is -0.494 e. The largest absolute Gasteiger partial charge is 0.494 e. The maximum atomic E-state index is 12.6. The highest BCUT2D eigenvalue weighted by Crippen LogP contribution is 2.29. The predicted molar refractivity (Wildman–Crippen MR) is 105 cm³/mol. The van der Waals surface area contributed by atoms with Crippen LogP contribution in [-0.2, 0) is 10.0 Å². The van der Waals surface area contributed by atoms with Crippen LogP contribution in [0.4, 0.5) is 11.4 Å². The van der Waals surface area contributed by atoms with Crippen LogP contribution in [0.2, 0.25) is 0 Å². The summed E-state index contributed by atoms with van der Waals surface area (Å²) >= 11 is 0. The smallest absolute Gasteiger partial charge is 0.255 e. The quantitative estimate of drug-likeness (QED) is 0.682. The number of ether oxygens (including phenoxy) is 1. The molecule has 0 unspecified atom stereocenters. The molecule has 0 bridgehead atoms. The summed E-state index contributed by atoms with van der Waals surface area (Å²) in [4.78, 5) is 12.6. The number of rotatable bonds is 6. The molecule has 7 nitrogen and oxygen atoms in total. The molecule has 2 N–H and O–H groups in total. The van der Waals surface area contributed by atoms with Gasteiger partial charge in [-0.05, 0) is 42.5 Å². The van der Waals surface area contributed by atoms with Crippen LogP contribution >= 0.6 is 0 Å². The van der Waals surface area contributed by atoms with Gasteiger partial charge < -0.3 is 14.6 Å². The molecule has 2 aromatic carbocycles. The minimum atomic E-state index is -3.43. The van der Waals surface area contributed by atoms with Crippen molar-refractivity contribution in [3.8, 4) is 11.4 Å². The Bertz CT molecular complexity index is 1060. The van der Waals surface area contributed by atoms with Gasteiger partial charge in [0.1, 0.15) is 5.75 Å². The van der Waals surface area contributed by atoms with E-state index in [2.05, 4.69) is 10.0 Å². The number of carbonyl (C=O) groups excluding carboxylic acids is 1. The van der Waals surface area contributed by atoms with E-state index in [-0.39, 0.29) is 5.91 Å².